The molecular formula is C11H18O2S. The zero-order valence-electron chi connectivity index (χ0n) is 8.86. The first-order chi connectivity index (χ1) is 6.58. The molecule has 0 aliphatic rings. The summed E-state index contributed by atoms with van der Waals surface area (Å²) in [6.07, 6.45) is 8.32. The second-order valence-electron chi connectivity index (χ2n) is 2.89. The normalized spacial score (nSPS) is 13.4. The highest BCUT2D eigenvalue weighted by Crippen LogP contribution is 2.11. The molecule has 0 aliphatic carbocycles. The molecule has 0 rings (SSSR count). The molecule has 0 bridgehead atoms. The SMILES string of the molecule is C=CC=CC(=CCCC)S(=O)(=O)CC. The molecule has 0 radical (unpaired) electrons. The summed E-state index contributed by atoms with van der Waals surface area (Å²) in [7, 11) is -3.08. The maximum absolute atomic E-state index is 11.6. The van der Waals surface area contributed by atoms with E-state index in [1.807, 2.05) is 6.92 Å². The van der Waals surface area contributed by atoms with Gasteiger partial charge in [0.25, 0.3) is 0 Å². The fraction of sp³-hybridized carbons (Fsp3) is 0.455. The topological polar surface area (TPSA) is 34.1 Å². The molecule has 2 nitrogen and oxygen atoms in total. The highest BCUT2D eigenvalue weighted by Gasteiger charge is 2.10. The van der Waals surface area contributed by atoms with Crippen LogP contribution in [0.25, 0.3) is 0 Å². The van der Waals surface area contributed by atoms with Crippen molar-refractivity contribution >= 4 is 9.84 Å². The van der Waals surface area contributed by atoms with Crippen molar-refractivity contribution in [1.29, 1.82) is 0 Å². The van der Waals surface area contributed by atoms with Crippen molar-refractivity contribution < 1.29 is 8.42 Å². The van der Waals surface area contributed by atoms with Crippen LogP contribution in [0.3, 0.4) is 0 Å². The average molecular weight is 214 g/mol. The number of hydrogen-bond donors (Lipinski definition) is 0. The Bertz CT molecular complexity index is 321. The lowest BCUT2D eigenvalue weighted by Crippen LogP contribution is -2.04. The van der Waals surface area contributed by atoms with E-state index in [1.165, 1.54) is 0 Å². The first kappa shape index (κ1) is 13.2. The Balaban J connectivity index is 4.91. The largest absolute Gasteiger partial charge is 0.224 e. The quantitative estimate of drug-likeness (QED) is 0.637. The summed E-state index contributed by atoms with van der Waals surface area (Å²) in [6, 6.07) is 0. The van der Waals surface area contributed by atoms with E-state index >= 15 is 0 Å². The minimum atomic E-state index is -3.08. The number of sulfone groups is 1. The van der Waals surface area contributed by atoms with E-state index in [2.05, 4.69) is 6.58 Å². The second kappa shape index (κ2) is 6.60. The van der Waals surface area contributed by atoms with Gasteiger partial charge in [0, 0.05) is 0 Å². The van der Waals surface area contributed by atoms with Crippen LogP contribution in [0, 0.1) is 0 Å². The fourth-order valence-electron chi connectivity index (χ4n) is 0.915. The molecule has 0 saturated heterocycles. The van der Waals surface area contributed by atoms with Gasteiger partial charge in [-0.15, -0.1) is 0 Å². The van der Waals surface area contributed by atoms with Crippen LogP contribution >= 0.6 is 0 Å². The average Bonchev–Trinajstić information content (AvgIpc) is 2.17. The van der Waals surface area contributed by atoms with Crippen molar-refractivity contribution in [2.45, 2.75) is 26.7 Å². The highest BCUT2D eigenvalue weighted by atomic mass is 32.2. The number of hydrogen-bond acceptors (Lipinski definition) is 2. The molecule has 0 fully saturated rings. The molecular weight excluding hydrogens is 196 g/mol. The Labute approximate surface area is 86.9 Å². The van der Waals surface area contributed by atoms with E-state index in [0.29, 0.717) is 4.91 Å². The molecule has 0 amide bonds. The minimum absolute atomic E-state index is 0.143. The molecule has 0 saturated carbocycles. The molecule has 14 heavy (non-hydrogen) atoms. The third-order valence-electron chi connectivity index (χ3n) is 1.77. The monoisotopic (exact) mass is 214 g/mol. The van der Waals surface area contributed by atoms with Gasteiger partial charge in [-0.3, -0.25) is 0 Å². The Morgan fingerprint density at radius 1 is 1.36 bits per heavy atom. The summed E-state index contributed by atoms with van der Waals surface area (Å²) >= 11 is 0. The van der Waals surface area contributed by atoms with Gasteiger partial charge in [0.15, 0.2) is 9.84 Å². The molecule has 0 aliphatic heterocycles. The zero-order chi connectivity index (χ0) is 11.0. The Kier molecular flexibility index (Phi) is 6.21. The highest BCUT2D eigenvalue weighted by molar-refractivity contribution is 7.95. The summed E-state index contributed by atoms with van der Waals surface area (Å²) in [5, 5.41) is 0. The van der Waals surface area contributed by atoms with Crippen molar-refractivity contribution in [3.63, 3.8) is 0 Å². The molecule has 80 valence electrons. The van der Waals surface area contributed by atoms with Gasteiger partial charge in [0.1, 0.15) is 0 Å². The molecule has 0 unspecified atom stereocenters. The molecule has 0 atom stereocenters. The standard InChI is InChI=1S/C11H18O2S/c1-4-7-9-11(10-8-5-2)14(12,13)6-3/h4,7,9-10H,1,5-6,8H2,2-3H3. The first-order valence-corrected chi connectivity index (χ1v) is 6.45. The van der Waals surface area contributed by atoms with Gasteiger partial charge in [-0.25, -0.2) is 8.42 Å². The van der Waals surface area contributed by atoms with Crippen LogP contribution in [0.4, 0.5) is 0 Å². The predicted octanol–water partition coefficient (Wildman–Crippen LogP) is 2.85. The Morgan fingerprint density at radius 3 is 2.43 bits per heavy atom. The maximum atomic E-state index is 11.6. The van der Waals surface area contributed by atoms with E-state index in [-0.39, 0.29) is 5.75 Å². The molecule has 0 heterocycles. The first-order valence-electron chi connectivity index (χ1n) is 4.80. The van der Waals surface area contributed by atoms with Crippen LogP contribution in [0.1, 0.15) is 26.7 Å². The maximum Gasteiger partial charge on any atom is 0.177 e. The van der Waals surface area contributed by atoms with E-state index in [0.717, 1.165) is 12.8 Å². The van der Waals surface area contributed by atoms with Crippen LogP contribution in [-0.4, -0.2) is 14.2 Å². The van der Waals surface area contributed by atoms with Gasteiger partial charge in [-0.1, -0.05) is 45.1 Å². The van der Waals surface area contributed by atoms with E-state index in [9.17, 15) is 8.42 Å². The summed E-state index contributed by atoms with van der Waals surface area (Å²) in [6.45, 7) is 7.18. The van der Waals surface area contributed by atoms with Crippen molar-refractivity contribution in [1.82, 2.24) is 0 Å². The summed E-state index contributed by atoms with van der Waals surface area (Å²) in [4.78, 5) is 0.404. The lowest BCUT2D eigenvalue weighted by Gasteiger charge is -2.01. The molecule has 3 heteroatoms. The van der Waals surface area contributed by atoms with Crippen molar-refractivity contribution in [3.05, 3.63) is 35.8 Å². The Morgan fingerprint density at radius 2 is 2.00 bits per heavy atom. The van der Waals surface area contributed by atoms with Crippen molar-refractivity contribution in [2.24, 2.45) is 0 Å². The lowest BCUT2D eigenvalue weighted by molar-refractivity contribution is 0.604. The smallest absolute Gasteiger partial charge is 0.177 e. The van der Waals surface area contributed by atoms with Crippen LogP contribution in [0.2, 0.25) is 0 Å². The molecule has 0 aromatic rings. The number of rotatable bonds is 6. The third kappa shape index (κ3) is 4.42. The Hall–Kier alpha value is -0.830. The van der Waals surface area contributed by atoms with Gasteiger partial charge in [0.2, 0.25) is 0 Å². The van der Waals surface area contributed by atoms with Crippen LogP contribution in [-0.2, 0) is 9.84 Å². The molecule has 0 N–H and O–H groups in total. The summed E-state index contributed by atoms with van der Waals surface area (Å²) < 4.78 is 23.1. The van der Waals surface area contributed by atoms with Gasteiger partial charge >= 0.3 is 0 Å². The lowest BCUT2D eigenvalue weighted by atomic mass is 10.3. The number of allylic oxidation sites excluding steroid dienone is 4. The molecule has 0 aromatic carbocycles. The molecule has 0 aromatic heterocycles. The number of unbranched alkanes of at least 4 members (excludes halogenated alkanes) is 1. The zero-order valence-corrected chi connectivity index (χ0v) is 9.68. The van der Waals surface area contributed by atoms with Gasteiger partial charge < -0.3 is 0 Å². The second-order valence-corrected chi connectivity index (χ2v) is 5.17. The van der Waals surface area contributed by atoms with Gasteiger partial charge in [-0.05, 0) is 12.5 Å². The third-order valence-corrected chi connectivity index (χ3v) is 3.55. The summed E-state index contributed by atoms with van der Waals surface area (Å²) in [5.74, 6) is 0.143. The van der Waals surface area contributed by atoms with E-state index < -0.39 is 9.84 Å². The summed E-state index contributed by atoms with van der Waals surface area (Å²) in [5.41, 5.74) is 0. The fourth-order valence-corrected chi connectivity index (χ4v) is 1.91. The van der Waals surface area contributed by atoms with Crippen LogP contribution in [0.5, 0.6) is 0 Å². The predicted molar refractivity (Wildman–Crippen MR) is 61.8 cm³/mol. The van der Waals surface area contributed by atoms with Gasteiger partial charge in [0.05, 0.1) is 10.7 Å². The van der Waals surface area contributed by atoms with E-state index in [4.69, 9.17) is 0 Å². The minimum Gasteiger partial charge on any atom is -0.224 e. The van der Waals surface area contributed by atoms with Gasteiger partial charge in [-0.2, -0.15) is 0 Å². The van der Waals surface area contributed by atoms with Crippen molar-refractivity contribution in [2.75, 3.05) is 5.75 Å². The van der Waals surface area contributed by atoms with Crippen LogP contribution in [0.15, 0.2) is 35.8 Å². The molecule has 0 spiro atoms. The van der Waals surface area contributed by atoms with E-state index in [1.54, 1.807) is 31.2 Å². The van der Waals surface area contributed by atoms with Crippen LogP contribution < -0.4 is 0 Å². The van der Waals surface area contributed by atoms with Crippen molar-refractivity contribution in [3.8, 4) is 0 Å².